The minimum absolute atomic E-state index is 0.0984. The molecule has 4 aromatic rings. The van der Waals surface area contributed by atoms with Crippen molar-refractivity contribution in [2.24, 2.45) is 0 Å². The third-order valence-electron chi connectivity index (χ3n) is 6.61. The number of nitrogens with zero attached hydrogens (tertiary/aromatic N) is 8. The van der Waals surface area contributed by atoms with Crippen molar-refractivity contribution in [1.82, 2.24) is 39.0 Å². The second-order valence-corrected chi connectivity index (χ2v) is 10.9. The van der Waals surface area contributed by atoms with E-state index < -0.39 is 63.4 Å². The number of hydrogen-bond donors (Lipinski definition) is 6. The topological polar surface area (TPSA) is 283 Å². The van der Waals surface area contributed by atoms with Crippen LogP contribution in [0.25, 0.3) is 22.3 Å². The van der Waals surface area contributed by atoms with E-state index in [0.29, 0.717) is 0 Å². The lowest BCUT2D eigenvalue weighted by Gasteiger charge is -2.24. The number of methoxy groups -OCH3 is 1. The summed E-state index contributed by atoms with van der Waals surface area (Å²) in [4.78, 5) is 34.6. The van der Waals surface area contributed by atoms with Crippen LogP contribution in [0.2, 0.25) is 0 Å². The maximum Gasteiger partial charge on any atom is 0.354 e. The number of ether oxygens (including phenoxy) is 4. The fraction of sp³-hybridized carbons (Fsp3) is 0.500. The Hall–Kier alpha value is -3.43. The summed E-state index contributed by atoms with van der Waals surface area (Å²) in [5.41, 5.74) is 12.6. The van der Waals surface area contributed by atoms with E-state index in [4.69, 9.17) is 34.9 Å². The molecule has 0 aromatic carbocycles. The lowest BCUT2D eigenvalue weighted by atomic mass is 10.2. The summed E-state index contributed by atoms with van der Waals surface area (Å²) in [6, 6.07) is 0. The van der Waals surface area contributed by atoms with E-state index in [1.807, 2.05) is 0 Å². The van der Waals surface area contributed by atoms with Gasteiger partial charge in [-0.2, -0.15) is 0 Å². The van der Waals surface area contributed by atoms with E-state index in [-0.39, 0.29) is 34.0 Å². The number of imidazole rings is 2. The van der Waals surface area contributed by atoms with Crippen molar-refractivity contribution in [3.63, 3.8) is 0 Å². The highest BCUT2D eigenvalue weighted by molar-refractivity contribution is 7.52. The Kier molecular flexibility index (Phi) is 7.06. The summed E-state index contributed by atoms with van der Waals surface area (Å²) in [6.45, 7) is 0. The fourth-order valence-corrected chi connectivity index (χ4v) is 5.65. The van der Waals surface area contributed by atoms with Crippen molar-refractivity contribution in [2.45, 2.75) is 49.5 Å². The van der Waals surface area contributed by atoms with Crippen LogP contribution in [-0.4, -0.2) is 110 Å². The molecule has 4 aromatic heterocycles. The Labute approximate surface area is 229 Å². The standard InChI is InChI=1S/C20H25N10O10P/c1-36-20-12(11(33)18(39-20)30-5-28-8-14(22)24-3-26-16(8)30)40-41(34,35)6-37-19-10(32)9(31)17(38-19)29-4-27-7-13(21)23-2-25-15(7)29/h2-5,9-12,17-20,31-33H,6H2,1H3,(H,34,35)(H2,21,23,25)(H2,22,24,26)/t9?,10?,11?,12?,17-,18-,19+,20+/m1/s1. The van der Waals surface area contributed by atoms with Gasteiger partial charge in [-0.05, 0) is 0 Å². The molecule has 2 fully saturated rings. The molecule has 2 aliphatic rings. The van der Waals surface area contributed by atoms with Gasteiger partial charge >= 0.3 is 7.60 Å². The number of rotatable bonds is 8. The number of aromatic nitrogens is 8. The molecule has 6 rings (SSSR count). The molecule has 8 N–H and O–H groups in total. The van der Waals surface area contributed by atoms with Crippen molar-refractivity contribution in [3.8, 4) is 0 Å². The minimum atomic E-state index is -4.65. The zero-order valence-corrected chi connectivity index (χ0v) is 21.9. The van der Waals surface area contributed by atoms with Crippen LogP contribution in [0, 0.1) is 0 Å². The molecule has 2 saturated heterocycles. The largest absolute Gasteiger partial charge is 0.385 e. The van der Waals surface area contributed by atoms with E-state index in [9.17, 15) is 24.8 Å². The van der Waals surface area contributed by atoms with Crippen molar-refractivity contribution in [1.29, 1.82) is 0 Å². The van der Waals surface area contributed by atoms with Gasteiger partial charge in [0.05, 0.1) is 12.7 Å². The zero-order valence-electron chi connectivity index (χ0n) is 21.1. The molecule has 0 saturated carbocycles. The van der Waals surface area contributed by atoms with E-state index in [0.717, 1.165) is 0 Å². The predicted molar refractivity (Wildman–Crippen MR) is 133 cm³/mol. The molecule has 2 aliphatic heterocycles. The normalized spacial score (nSPS) is 31.7. The van der Waals surface area contributed by atoms with Gasteiger partial charge in [0.2, 0.25) is 0 Å². The van der Waals surface area contributed by atoms with E-state index in [1.165, 1.54) is 41.6 Å². The number of aliphatic hydroxyl groups is 3. The maximum absolute atomic E-state index is 13.0. The van der Waals surface area contributed by atoms with Crippen LogP contribution in [0.5, 0.6) is 0 Å². The summed E-state index contributed by atoms with van der Waals surface area (Å²) < 4.78 is 42.8. The highest BCUT2D eigenvalue weighted by Gasteiger charge is 2.50. The second kappa shape index (κ2) is 10.4. The molecule has 0 radical (unpaired) electrons. The Morgan fingerprint density at radius 2 is 1.39 bits per heavy atom. The van der Waals surface area contributed by atoms with Crippen LogP contribution in [0.1, 0.15) is 12.5 Å². The van der Waals surface area contributed by atoms with Gasteiger partial charge in [-0.25, -0.2) is 29.9 Å². The van der Waals surface area contributed by atoms with Crippen LogP contribution in [-0.2, 0) is 28.0 Å². The molecule has 21 heteroatoms. The third-order valence-corrected chi connectivity index (χ3v) is 7.66. The van der Waals surface area contributed by atoms with Gasteiger partial charge in [-0.1, -0.05) is 0 Å². The summed E-state index contributed by atoms with van der Waals surface area (Å²) in [6.07, 6.45) is -7.37. The van der Waals surface area contributed by atoms with Gasteiger partial charge in [0.15, 0.2) is 54.3 Å². The number of anilines is 2. The van der Waals surface area contributed by atoms with E-state index >= 15 is 0 Å². The van der Waals surface area contributed by atoms with E-state index in [2.05, 4.69) is 29.9 Å². The van der Waals surface area contributed by atoms with Gasteiger partial charge in [0.25, 0.3) is 0 Å². The molecule has 220 valence electrons. The van der Waals surface area contributed by atoms with Gasteiger partial charge < -0.3 is 50.6 Å². The first-order valence-corrected chi connectivity index (χ1v) is 13.7. The number of aliphatic hydroxyl groups excluding tert-OH is 3. The Morgan fingerprint density at radius 1 is 0.854 bits per heavy atom. The highest BCUT2D eigenvalue weighted by atomic mass is 31.2. The summed E-state index contributed by atoms with van der Waals surface area (Å²) in [5.74, 6) is 0.206. The number of nitrogens with two attached hydrogens (primary N) is 2. The molecule has 9 atom stereocenters. The van der Waals surface area contributed by atoms with Crippen LogP contribution in [0.4, 0.5) is 11.6 Å². The molecular formula is C20H25N10O10P. The molecule has 41 heavy (non-hydrogen) atoms. The summed E-state index contributed by atoms with van der Waals surface area (Å²) in [5, 5.41) is 32.0. The first-order valence-electron chi connectivity index (χ1n) is 12.0. The van der Waals surface area contributed by atoms with Crippen molar-refractivity contribution in [2.75, 3.05) is 24.9 Å². The first-order chi connectivity index (χ1) is 19.6. The smallest absolute Gasteiger partial charge is 0.354 e. The van der Waals surface area contributed by atoms with Crippen LogP contribution in [0.15, 0.2) is 25.3 Å². The third kappa shape index (κ3) is 4.78. The number of nitrogen functional groups attached to an aromatic ring is 2. The van der Waals surface area contributed by atoms with Gasteiger partial charge in [-0.3, -0.25) is 18.2 Å². The van der Waals surface area contributed by atoms with E-state index in [1.54, 1.807) is 0 Å². The Balaban J connectivity index is 1.14. The second-order valence-electron chi connectivity index (χ2n) is 9.17. The molecule has 6 heterocycles. The van der Waals surface area contributed by atoms with Crippen molar-refractivity contribution in [3.05, 3.63) is 25.3 Å². The predicted octanol–water partition coefficient (Wildman–Crippen LogP) is -2.19. The van der Waals surface area contributed by atoms with Crippen LogP contribution >= 0.6 is 7.60 Å². The van der Waals surface area contributed by atoms with Crippen LogP contribution < -0.4 is 11.5 Å². The quantitative estimate of drug-likeness (QED) is 0.118. The molecule has 0 aliphatic carbocycles. The molecule has 0 bridgehead atoms. The van der Waals surface area contributed by atoms with Crippen molar-refractivity contribution < 1.29 is 48.2 Å². The number of fused-ring (bicyclic) bond motifs is 2. The van der Waals surface area contributed by atoms with Gasteiger partial charge in [0, 0.05) is 7.11 Å². The average molecular weight is 596 g/mol. The molecule has 0 amide bonds. The maximum atomic E-state index is 13.0. The Morgan fingerprint density at radius 3 is 1.95 bits per heavy atom. The van der Waals surface area contributed by atoms with Crippen LogP contribution in [0.3, 0.4) is 0 Å². The van der Waals surface area contributed by atoms with Gasteiger partial charge in [-0.15, -0.1) is 0 Å². The van der Waals surface area contributed by atoms with Crippen molar-refractivity contribution >= 4 is 41.6 Å². The SMILES string of the molecule is CO[C@H]1O[C@@H](n2cnc3c(N)ncnc32)C(O)C1OP(=O)(O)CO[C@H]1O[C@@H](n2cnc3c(N)ncnc32)C(O)C1O. The summed E-state index contributed by atoms with van der Waals surface area (Å²) in [7, 11) is -3.40. The Bertz CT molecular complexity index is 1620. The monoisotopic (exact) mass is 596 g/mol. The van der Waals surface area contributed by atoms with Gasteiger partial charge in [0.1, 0.15) is 48.1 Å². The molecule has 5 unspecified atom stereocenters. The molecular weight excluding hydrogens is 571 g/mol. The first kappa shape index (κ1) is 27.7. The zero-order chi connectivity index (χ0) is 29.1. The average Bonchev–Trinajstić information content (AvgIpc) is 3.70. The number of hydrogen-bond acceptors (Lipinski definition) is 17. The minimum Gasteiger partial charge on any atom is -0.385 e. The molecule has 0 spiro atoms. The summed E-state index contributed by atoms with van der Waals surface area (Å²) >= 11 is 0. The fourth-order valence-electron chi connectivity index (χ4n) is 4.65. The lowest BCUT2D eigenvalue weighted by Crippen LogP contribution is -2.35. The lowest BCUT2D eigenvalue weighted by molar-refractivity contribution is -0.171. The molecule has 20 nitrogen and oxygen atoms in total. The highest BCUT2D eigenvalue weighted by Crippen LogP contribution is 2.48.